The summed E-state index contributed by atoms with van der Waals surface area (Å²) in [6.07, 6.45) is 0. The van der Waals surface area contributed by atoms with E-state index in [1.165, 1.54) is 16.7 Å². The normalized spacial score (nSPS) is 10.8. The fourth-order valence-corrected chi connectivity index (χ4v) is 4.68. The second-order valence-corrected chi connectivity index (χ2v) is 9.39. The number of benzene rings is 4. The maximum absolute atomic E-state index is 5.04. The lowest BCUT2D eigenvalue weighted by atomic mass is 9.93. The van der Waals surface area contributed by atoms with E-state index < -0.39 is 0 Å². The number of aromatic nitrogens is 1. The van der Waals surface area contributed by atoms with E-state index in [9.17, 15) is 0 Å². The van der Waals surface area contributed by atoms with Crippen LogP contribution in [0.4, 0.5) is 0 Å². The minimum atomic E-state index is 0.946. The van der Waals surface area contributed by atoms with Gasteiger partial charge in [0, 0.05) is 20.1 Å². The van der Waals surface area contributed by atoms with Crippen LogP contribution in [0.5, 0.6) is 0 Å². The molecule has 3 heteroatoms. The Balaban J connectivity index is 1.75. The Morgan fingerprint density at radius 3 is 1.41 bits per heavy atom. The molecular formula is C29H19Br2N. The number of rotatable bonds is 4. The van der Waals surface area contributed by atoms with Crippen molar-refractivity contribution < 1.29 is 0 Å². The molecule has 1 aromatic heterocycles. The Morgan fingerprint density at radius 2 is 0.875 bits per heavy atom. The SMILES string of the molecule is Brc1cccc(-c2cc(-c3ccccc3-c3ccccc3)cc(-c3cccc(Br)c3)n2)c1. The highest BCUT2D eigenvalue weighted by molar-refractivity contribution is 9.10. The zero-order chi connectivity index (χ0) is 21.9. The van der Waals surface area contributed by atoms with Gasteiger partial charge >= 0.3 is 0 Å². The average molecular weight is 541 g/mol. The van der Waals surface area contributed by atoms with Gasteiger partial charge in [0.25, 0.3) is 0 Å². The lowest BCUT2D eigenvalue weighted by molar-refractivity contribution is 1.32. The van der Waals surface area contributed by atoms with Crippen molar-refractivity contribution >= 4 is 31.9 Å². The molecule has 0 N–H and O–H groups in total. The van der Waals surface area contributed by atoms with Crippen molar-refractivity contribution in [2.45, 2.75) is 0 Å². The molecular weight excluding hydrogens is 522 g/mol. The molecule has 0 radical (unpaired) electrons. The Hall–Kier alpha value is -3.01. The highest BCUT2D eigenvalue weighted by atomic mass is 79.9. The first-order chi connectivity index (χ1) is 15.7. The Kier molecular flexibility index (Phi) is 6.02. The summed E-state index contributed by atoms with van der Waals surface area (Å²) in [5.74, 6) is 0. The van der Waals surface area contributed by atoms with E-state index in [1.807, 2.05) is 24.3 Å². The van der Waals surface area contributed by atoms with Crippen molar-refractivity contribution in [3.05, 3.63) is 124 Å². The van der Waals surface area contributed by atoms with E-state index >= 15 is 0 Å². The third-order valence-corrected chi connectivity index (χ3v) is 6.38. The molecule has 0 aliphatic heterocycles. The van der Waals surface area contributed by atoms with E-state index in [-0.39, 0.29) is 0 Å². The first-order valence-electron chi connectivity index (χ1n) is 10.4. The summed E-state index contributed by atoms with van der Waals surface area (Å²) in [7, 11) is 0. The summed E-state index contributed by atoms with van der Waals surface area (Å²) >= 11 is 7.21. The second kappa shape index (κ2) is 9.23. The molecule has 0 saturated carbocycles. The molecule has 0 fully saturated rings. The Morgan fingerprint density at radius 1 is 0.406 bits per heavy atom. The quantitative estimate of drug-likeness (QED) is 0.221. The summed E-state index contributed by atoms with van der Waals surface area (Å²) < 4.78 is 2.08. The number of halogens is 2. The molecule has 32 heavy (non-hydrogen) atoms. The average Bonchev–Trinajstić information content (AvgIpc) is 2.84. The second-order valence-electron chi connectivity index (χ2n) is 7.56. The summed E-state index contributed by atoms with van der Waals surface area (Å²) in [4.78, 5) is 5.04. The largest absolute Gasteiger partial charge is 0.248 e. The monoisotopic (exact) mass is 539 g/mol. The molecule has 1 nitrogen and oxygen atoms in total. The predicted octanol–water partition coefficient (Wildman–Crippen LogP) is 9.27. The van der Waals surface area contributed by atoms with E-state index in [0.29, 0.717) is 0 Å². The maximum atomic E-state index is 5.04. The first kappa shape index (κ1) is 20.9. The van der Waals surface area contributed by atoms with E-state index in [2.05, 4.69) is 123 Å². The number of nitrogens with zero attached hydrogens (tertiary/aromatic N) is 1. The van der Waals surface area contributed by atoms with Gasteiger partial charge in [-0.15, -0.1) is 0 Å². The third-order valence-electron chi connectivity index (χ3n) is 5.39. The molecule has 0 unspecified atom stereocenters. The van der Waals surface area contributed by atoms with Gasteiger partial charge < -0.3 is 0 Å². The van der Waals surface area contributed by atoms with Gasteiger partial charge in [0.2, 0.25) is 0 Å². The lowest BCUT2D eigenvalue weighted by Crippen LogP contribution is -1.93. The van der Waals surface area contributed by atoms with Crippen molar-refractivity contribution in [2.75, 3.05) is 0 Å². The summed E-state index contributed by atoms with van der Waals surface area (Å²) in [6, 6.07) is 40.1. The van der Waals surface area contributed by atoms with E-state index in [4.69, 9.17) is 4.98 Å². The van der Waals surface area contributed by atoms with Crippen LogP contribution in [0.25, 0.3) is 44.8 Å². The summed E-state index contributed by atoms with van der Waals surface area (Å²) in [5, 5.41) is 0. The van der Waals surface area contributed by atoms with Crippen molar-refractivity contribution in [3.8, 4) is 44.8 Å². The number of hydrogen-bond donors (Lipinski definition) is 0. The van der Waals surface area contributed by atoms with E-state index in [0.717, 1.165) is 37.0 Å². The molecule has 1 heterocycles. The fraction of sp³-hybridized carbons (Fsp3) is 0. The number of hydrogen-bond acceptors (Lipinski definition) is 1. The van der Waals surface area contributed by atoms with Crippen molar-refractivity contribution in [2.24, 2.45) is 0 Å². The molecule has 5 aromatic rings. The van der Waals surface area contributed by atoms with Crippen LogP contribution in [0.1, 0.15) is 0 Å². The van der Waals surface area contributed by atoms with Gasteiger partial charge in [0.15, 0.2) is 0 Å². The molecule has 0 amide bonds. The van der Waals surface area contributed by atoms with Crippen LogP contribution in [-0.2, 0) is 0 Å². The minimum Gasteiger partial charge on any atom is -0.248 e. The highest BCUT2D eigenvalue weighted by Crippen LogP contribution is 2.36. The van der Waals surface area contributed by atoms with Crippen molar-refractivity contribution in [1.82, 2.24) is 4.98 Å². The molecule has 0 aliphatic rings. The Bertz CT molecular complexity index is 1330. The zero-order valence-corrected chi connectivity index (χ0v) is 20.3. The lowest BCUT2D eigenvalue weighted by Gasteiger charge is -2.14. The van der Waals surface area contributed by atoms with Gasteiger partial charge in [-0.3, -0.25) is 0 Å². The molecule has 0 aliphatic carbocycles. The topological polar surface area (TPSA) is 12.9 Å². The Labute approximate surface area is 205 Å². The van der Waals surface area contributed by atoms with Crippen LogP contribution < -0.4 is 0 Å². The van der Waals surface area contributed by atoms with Gasteiger partial charge in [-0.25, -0.2) is 4.98 Å². The molecule has 0 saturated heterocycles. The van der Waals surface area contributed by atoms with Crippen LogP contribution in [0, 0.1) is 0 Å². The van der Waals surface area contributed by atoms with Crippen LogP contribution >= 0.6 is 31.9 Å². The molecule has 4 aromatic carbocycles. The zero-order valence-electron chi connectivity index (χ0n) is 17.2. The summed E-state index contributed by atoms with van der Waals surface area (Å²) in [6.45, 7) is 0. The van der Waals surface area contributed by atoms with Gasteiger partial charge in [0.05, 0.1) is 11.4 Å². The van der Waals surface area contributed by atoms with Crippen molar-refractivity contribution in [3.63, 3.8) is 0 Å². The smallest absolute Gasteiger partial charge is 0.0716 e. The van der Waals surface area contributed by atoms with Crippen LogP contribution in [0.2, 0.25) is 0 Å². The van der Waals surface area contributed by atoms with Crippen LogP contribution in [0.15, 0.2) is 124 Å². The van der Waals surface area contributed by atoms with Crippen LogP contribution in [-0.4, -0.2) is 4.98 Å². The van der Waals surface area contributed by atoms with Crippen molar-refractivity contribution in [1.29, 1.82) is 0 Å². The first-order valence-corrected chi connectivity index (χ1v) is 11.9. The number of pyridine rings is 1. The van der Waals surface area contributed by atoms with Gasteiger partial charge in [0.1, 0.15) is 0 Å². The van der Waals surface area contributed by atoms with Gasteiger partial charge in [-0.2, -0.15) is 0 Å². The van der Waals surface area contributed by atoms with Gasteiger partial charge in [-0.1, -0.05) is 111 Å². The standard InChI is InChI=1S/C29H19Br2N/c30-24-12-6-10-21(16-24)28-18-23(19-29(32-28)22-11-7-13-25(31)17-22)27-15-5-4-14-26(27)20-8-2-1-3-9-20/h1-19H. The third kappa shape index (κ3) is 4.45. The predicted molar refractivity (Wildman–Crippen MR) is 141 cm³/mol. The molecule has 154 valence electrons. The molecule has 0 atom stereocenters. The summed E-state index contributed by atoms with van der Waals surface area (Å²) in [5.41, 5.74) is 8.79. The molecule has 0 bridgehead atoms. The van der Waals surface area contributed by atoms with Crippen LogP contribution in [0.3, 0.4) is 0 Å². The van der Waals surface area contributed by atoms with Gasteiger partial charge in [-0.05, 0) is 58.7 Å². The van der Waals surface area contributed by atoms with E-state index in [1.54, 1.807) is 0 Å². The fourth-order valence-electron chi connectivity index (χ4n) is 3.88. The molecule has 0 spiro atoms. The highest BCUT2D eigenvalue weighted by Gasteiger charge is 2.13. The molecule has 5 rings (SSSR count). The maximum Gasteiger partial charge on any atom is 0.0716 e. The minimum absolute atomic E-state index is 0.946.